The molecule has 0 spiro atoms. The highest BCUT2D eigenvalue weighted by molar-refractivity contribution is 7.84. The minimum Gasteiger partial charge on any atom is -0.481 e. The fourth-order valence-electron chi connectivity index (χ4n) is 1.93. The monoisotopic (exact) mass is 306 g/mol. The van der Waals surface area contributed by atoms with Gasteiger partial charge in [0.15, 0.2) is 0 Å². The molecule has 118 valence electrons. The molecule has 2 atom stereocenters. The molecule has 2 unspecified atom stereocenters. The van der Waals surface area contributed by atoms with Crippen molar-refractivity contribution in [3.05, 3.63) is 0 Å². The molecule has 20 heavy (non-hydrogen) atoms. The Morgan fingerprint density at radius 2 is 1.90 bits per heavy atom. The highest BCUT2D eigenvalue weighted by Crippen LogP contribution is 2.14. The van der Waals surface area contributed by atoms with Crippen molar-refractivity contribution < 1.29 is 18.9 Å². The lowest BCUT2D eigenvalue weighted by molar-refractivity contribution is -0.138. The zero-order valence-electron chi connectivity index (χ0n) is 12.5. The largest absolute Gasteiger partial charge is 0.481 e. The average molecular weight is 306 g/mol. The van der Waals surface area contributed by atoms with Crippen molar-refractivity contribution in [2.45, 2.75) is 33.1 Å². The zero-order valence-corrected chi connectivity index (χ0v) is 13.3. The maximum Gasteiger partial charge on any atom is 0.314 e. The van der Waals surface area contributed by atoms with E-state index in [9.17, 15) is 13.8 Å². The van der Waals surface area contributed by atoms with Crippen LogP contribution in [0.4, 0.5) is 4.79 Å². The number of amides is 2. The van der Waals surface area contributed by atoms with Crippen LogP contribution in [0.2, 0.25) is 0 Å². The summed E-state index contributed by atoms with van der Waals surface area (Å²) in [5, 5.41) is 14.2. The SMILES string of the molecule is CC(C)CC(CNC(=O)NCCCS(C)=O)CC(=O)O. The van der Waals surface area contributed by atoms with Crippen LogP contribution in [0.5, 0.6) is 0 Å². The second-order valence-corrected chi connectivity index (χ2v) is 6.92. The Labute approximate surface area is 123 Å². The van der Waals surface area contributed by atoms with E-state index in [2.05, 4.69) is 10.6 Å². The van der Waals surface area contributed by atoms with Crippen molar-refractivity contribution >= 4 is 22.8 Å². The smallest absolute Gasteiger partial charge is 0.314 e. The van der Waals surface area contributed by atoms with Crippen molar-refractivity contribution in [3.63, 3.8) is 0 Å². The summed E-state index contributed by atoms with van der Waals surface area (Å²) >= 11 is 0. The second-order valence-electron chi connectivity index (χ2n) is 5.36. The third kappa shape index (κ3) is 12.0. The molecule has 3 N–H and O–H groups in total. The van der Waals surface area contributed by atoms with Crippen molar-refractivity contribution in [1.82, 2.24) is 10.6 Å². The molecular weight excluding hydrogens is 280 g/mol. The third-order valence-corrected chi connectivity index (χ3v) is 3.58. The van der Waals surface area contributed by atoms with E-state index in [0.29, 0.717) is 31.2 Å². The van der Waals surface area contributed by atoms with Gasteiger partial charge in [0.1, 0.15) is 0 Å². The molecule has 7 heteroatoms. The standard InChI is InChI=1S/C13H26N2O4S/c1-10(2)7-11(8-12(16)17)9-15-13(18)14-5-4-6-20(3)19/h10-11H,4-9H2,1-3H3,(H,16,17)(H2,14,15,18). The van der Waals surface area contributed by atoms with E-state index >= 15 is 0 Å². The molecule has 0 saturated carbocycles. The van der Waals surface area contributed by atoms with Gasteiger partial charge in [0.2, 0.25) is 0 Å². The average Bonchev–Trinajstić information content (AvgIpc) is 2.30. The van der Waals surface area contributed by atoms with Crippen molar-refractivity contribution in [3.8, 4) is 0 Å². The van der Waals surface area contributed by atoms with Gasteiger partial charge in [-0.1, -0.05) is 13.8 Å². The molecule has 0 bridgehead atoms. The highest BCUT2D eigenvalue weighted by atomic mass is 32.2. The lowest BCUT2D eigenvalue weighted by Gasteiger charge is -2.18. The van der Waals surface area contributed by atoms with Gasteiger partial charge in [0.25, 0.3) is 0 Å². The van der Waals surface area contributed by atoms with Crippen LogP contribution in [0.15, 0.2) is 0 Å². The molecule has 0 aliphatic heterocycles. The Kier molecular flexibility index (Phi) is 10.1. The molecule has 0 saturated heterocycles. The van der Waals surface area contributed by atoms with E-state index in [1.54, 1.807) is 6.26 Å². The van der Waals surface area contributed by atoms with Gasteiger partial charge in [0.05, 0.1) is 0 Å². The molecule has 0 aliphatic rings. The third-order valence-electron chi connectivity index (χ3n) is 2.71. The van der Waals surface area contributed by atoms with E-state index in [-0.39, 0.29) is 18.4 Å². The first kappa shape index (κ1) is 18.9. The molecule has 0 aromatic rings. The molecule has 0 rings (SSSR count). The zero-order chi connectivity index (χ0) is 15.5. The normalized spacial score (nSPS) is 13.8. The minimum atomic E-state index is -0.844. The Morgan fingerprint density at radius 1 is 1.25 bits per heavy atom. The Hall–Kier alpha value is -1.11. The van der Waals surface area contributed by atoms with Crippen molar-refractivity contribution in [2.24, 2.45) is 11.8 Å². The number of hydrogen-bond donors (Lipinski definition) is 3. The van der Waals surface area contributed by atoms with Gasteiger partial charge < -0.3 is 15.7 Å². The Balaban J connectivity index is 3.91. The van der Waals surface area contributed by atoms with Crippen LogP contribution in [0.1, 0.15) is 33.1 Å². The number of hydrogen-bond acceptors (Lipinski definition) is 3. The molecule has 0 aromatic heterocycles. The predicted molar refractivity (Wildman–Crippen MR) is 80.1 cm³/mol. The summed E-state index contributed by atoms with van der Waals surface area (Å²) in [6, 6.07) is -0.300. The number of aliphatic carboxylic acids is 1. The molecule has 0 fully saturated rings. The highest BCUT2D eigenvalue weighted by Gasteiger charge is 2.15. The topological polar surface area (TPSA) is 95.5 Å². The van der Waals surface area contributed by atoms with E-state index in [1.165, 1.54) is 0 Å². The first-order valence-corrected chi connectivity index (χ1v) is 8.57. The van der Waals surface area contributed by atoms with Gasteiger partial charge in [-0.25, -0.2) is 4.79 Å². The van der Waals surface area contributed by atoms with Gasteiger partial charge in [-0.15, -0.1) is 0 Å². The van der Waals surface area contributed by atoms with Crippen LogP contribution in [-0.2, 0) is 15.6 Å². The summed E-state index contributed by atoms with van der Waals surface area (Å²) in [5.41, 5.74) is 0. The van der Waals surface area contributed by atoms with E-state index in [4.69, 9.17) is 5.11 Å². The maximum atomic E-state index is 11.5. The number of carbonyl (C=O) groups is 2. The summed E-state index contributed by atoms with van der Waals surface area (Å²) in [7, 11) is -0.842. The van der Waals surface area contributed by atoms with Crippen LogP contribution in [0.3, 0.4) is 0 Å². The maximum absolute atomic E-state index is 11.5. The first-order chi connectivity index (χ1) is 9.31. The van der Waals surface area contributed by atoms with Crippen LogP contribution < -0.4 is 10.6 Å². The summed E-state index contributed by atoms with van der Waals surface area (Å²) in [6.45, 7) is 4.88. The fraction of sp³-hybridized carbons (Fsp3) is 0.846. The van der Waals surface area contributed by atoms with Crippen LogP contribution >= 0.6 is 0 Å². The fourth-order valence-corrected chi connectivity index (χ4v) is 2.48. The Morgan fingerprint density at radius 3 is 2.40 bits per heavy atom. The lowest BCUT2D eigenvalue weighted by Crippen LogP contribution is -2.39. The summed E-state index contributed by atoms with van der Waals surface area (Å²) in [4.78, 5) is 22.3. The molecular formula is C13H26N2O4S. The predicted octanol–water partition coefficient (Wildman–Crippen LogP) is 1.19. The van der Waals surface area contributed by atoms with Crippen molar-refractivity contribution in [2.75, 3.05) is 25.1 Å². The van der Waals surface area contributed by atoms with Gasteiger partial charge in [-0.2, -0.15) is 0 Å². The molecule has 2 amide bonds. The summed E-state index contributed by atoms with van der Waals surface area (Å²) < 4.78 is 10.8. The number of carboxylic acid groups (broad SMARTS) is 1. The minimum absolute atomic E-state index is 0.0543. The molecule has 0 aromatic carbocycles. The van der Waals surface area contributed by atoms with Gasteiger partial charge >= 0.3 is 12.0 Å². The number of rotatable bonds is 10. The molecule has 0 radical (unpaired) electrons. The summed E-state index contributed by atoms with van der Waals surface area (Å²) in [5.74, 6) is 0.0587. The number of carbonyl (C=O) groups excluding carboxylic acids is 1. The first-order valence-electron chi connectivity index (χ1n) is 6.84. The van der Waals surface area contributed by atoms with E-state index < -0.39 is 16.8 Å². The Bertz CT molecular complexity index is 334. The number of urea groups is 1. The quantitative estimate of drug-likeness (QED) is 0.528. The van der Waals surface area contributed by atoms with Crippen LogP contribution in [-0.4, -0.2) is 46.4 Å². The van der Waals surface area contributed by atoms with E-state index in [0.717, 1.165) is 6.42 Å². The van der Waals surface area contributed by atoms with Gasteiger partial charge in [-0.05, 0) is 24.7 Å². The van der Waals surface area contributed by atoms with Gasteiger partial charge in [-0.3, -0.25) is 9.00 Å². The molecule has 6 nitrogen and oxygen atoms in total. The second kappa shape index (κ2) is 10.7. The summed E-state index contributed by atoms with van der Waals surface area (Å²) in [6.07, 6.45) is 3.12. The molecule has 0 heterocycles. The molecule has 0 aliphatic carbocycles. The number of nitrogens with one attached hydrogen (secondary N) is 2. The van der Waals surface area contributed by atoms with Crippen molar-refractivity contribution in [1.29, 1.82) is 0 Å². The lowest BCUT2D eigenvalue weighted by atomic mass is 9.94. The van der Waals surface area contributed by atoms with E-state index in [1.807, 2.05) is 13.8 Å². The van der Waals surface area contributed by atoms with Crippen LogP contribution in [0.25, 0.3) is 0 Å². The van der Waals surface area contributed by atoms with Crippen LogP contribution in [0, 0.1) is 11.8 Å². The number of carboxylic acids is 1. The van der Waals surface area contributed by atoms with Gasteiger partial charge in [0, 0.05) is 42.3 Å².